The first-order valence-electron chi connectivity index (χ1n) is 6.06. The molecule has 3 heterocycles. The average Bonchev–Trinajstić information content (AvgIpc) is 2.75. The van der Waals surface area contributed by atoms with Crippen LogP contribution in [0.15, 0.2) is 12.5 Å². The number of halogens is 2. The smallest absolute Gasteiger partial charge is 0.279 e. The van der Waals surface area contributed by atoms with Crippen molar-refractivity contribution in [3.8, 4) is 0 Å². The fourth-order valence-corrected chi connectivity index (χ4v) is 2.26. The van der Waals surface area contributed by atoms with Gasteiger partial charge in [0.2, 0.25) is 0 Å². The summed E-state index contributed by atoms with van der Waals surface area (Å²) in [4.78, 5) is 8.13. The van der Waals surface area contributed by atoms with Gasteiger partial charge in [-0.2, -0.15) is 5.10 Å². The maximum atomic E-state index is 13.8. The summed E-state index contributed by atoms with van der Waals surface area (Å²) in [5.41, 5.74) is 0.620. The van der Waals surface area contributed by atoms with Gasteiger partial charge >= 0.3 is 0 Å². The summed E-state index contributed by atoms with van der Waals surface area (Å²) >= 11 is 0. The molecule has 0 aromatic carbocycles. The molecule has 2 aromatic heterocycles. The fourth-order valence-electron chi connectivity index (χ4n) is 2.26. The number of aryl methyl sites for hydroxylation is 1. The second kappa shape index (κ2) is 4.37. The molecule has 8 heteroatoms. The molecule has 0 radical (unpaired) electrons. The van der Waals surface area contributed by atoms with Crippen LogP contribution in [-0.2, 0) is 7.05 Å². The van der Waals surface area contributed by atoms with Crippen LogP contribution in [-0.4, -0.2) is 44.8 Å². The van der Waals surface area contributed by atoms with E-state index in [0.717, 1.165) is 0 Å². The molecule has 0 saturated carbocycles. The lowest BCUT2D eigenvalue weighted by Crippen LogP contribution is -2.52. The summed E-state index contributed by atoms with van der Waals surface area (Å²) in [5, 5.41) is 10.2. The minimum absolute atomic E-state index is 0.314. The number of nitrogens with one attached hydrogen (secondary N) is 2. The van der Waals surface area contributed by atoms with E-state index in [-0.39, 0.29) is 6.54 Å². The largest absolute Gasteiger partial charge is 0.360 e. The molecule has 2 aromatic rings. The first kappa shape index (κ1) is 12.2. The molecule has 0 bridgehead atoms. The van der Waals surface area contributed by atoms with Crippen molar-refractivity contribution in [2.45, 2.75) is 18.4 Å². The van der Waals surface area contributed by atoms with Crippen LogP contribution in [0.1, 0.15) is 6.42 Å². The summed E-state index contributed by atoms with van der Waals surface area (Å²) in [7, 11) is 1.75. The van der Waals surface area contributed by atoms with E-state index in [1.165, 1.54) is 6.33 Å². The predicted octanol–water partition coefficient (Wildman–Crippen LogP) is 0.772. The summed E-state index contributed by atoms with van der Waals surface area (Å²) in [6, 6.07) is -0.924. The molecule has 1 atom stereocenters. The van der Waals surface area contributed by atoms with Crippen LogP contribution >= 0.6 is 0 Å². The number of aromatic nitrogens is 4. The van der Waals surface area contributed by atoms with Crippen LogP contribution in [0.2, 0.25) is 0 Å². The number of piperidine rings is 1. The van der Waals surface area contributed by atoms with Gasteiger partial charge in [0.15, 0.2) is 5.65 Å². The Morgan fingerprint density at radius 3 is 3.11 bits per heavy atom. The van der Waals surface area contributed by atoms with Gasteiger partial charge < -0.3 is 10.6 Å². The number of hydrogen-bond acceptors (Lipinski definition) is 5. The van der Waals surface area contributed by atoms with Crippen molar-refractivity contribution in [2.24, 2.45) is 7.05 Å². The second-order valence-electron chi connectivity index (χ2n) is 4.65. The zero-order valence-electron chi connectivity index (χ0n) is 10.4. The Hall–Kier alpha value is -1.83. The number of nitrogens with zero attached hydrogens (tertiary/aromatic N) is 4. The maximum absolute atomic E-state index is 13.8. The first-order chi connectivity index (χ1) is 9.08. The number of fused-ring (bicyclic) bond motifs is 1. The third-order valence-corrected chi connectivity index (χ3v) is 3.32. The predicted molar refractivity (Wildman–Crippen MR) is 66.1 cm³/mol. The monoisotopic (exact) mass is 268 g/mol. The summed E-state index contributed by atoms with van der Waals surface area (Å²) in [5.74, 6) is -2.39. The summed E-state index contributed by atoms with van der Waals surface area (Å²) < 4.78 is 29.1. The van der Waals surface area contributed by atoms with Gasteiger partial charge in [0, 0.05) is 7.05 Å². The van der Waals surface area contributed by atoms with E-state index >= 15 is 0 Å². The standard InChI is InChI=1S/C11H14F2N6/c1-19-10-7(4-17-19)9(15-6-16-10)18-8-2-3-14-5-11(8,12)13/h4,6,8,14H,2-3,5H2,1H3,(H,15,16,18). The minimum atomic E-state index is -2.79. The minimum Gasteiger partial charge on any atom is -0.360 e. The van der Waals surface area contributed by atoms with Gasteiger partial charge in [0.1, 0.15) is 12.1 Å². The van der Waals surface area contributed by atoms with Crippen molar-refractivity contribution in [1.29, 1.82) is 0 Å². The highest BCUT2D eigenvalue weighted by Crippen LogP contribution is 2.28. The van der Waals surface area contributed by atoms with E-state index < -0.39 is 12.0 Å². The molecule has 1 aliphatic rings. The Morgan fingerprint density at radius 1 is 1.47 bits per heavy atom. The van der Waals surface area contributed by atoms with Crippen LogP contribution in [0.3, 0.4) is 0 Å². The van der Waals surface area contributed by atoms with Crippen LogP contribution in [0.5, 0.6) is 0 Å². The summed E-state index contributed by atoms with van der Waals surface area (Å²) in [6.45, 7) is 0.250. The van der Waals surface area contributed by atoms with Crippen LogP contribution in [0, 0.1) is 0 Å². The molecule has 102 valence electrons. The van der Waals surface area contributed by atoms with Crippen LogP contribution in [0.4, 0.5) is 14.6 Å². The van der Waals surface area contributed by atoms with E-state index in [2.05, 4.69) is 25.7 Å². The molecule has 3 rings (SSSR count). The van der Waals surface area contributed by atoms with Gasteiger partial charge in [-0.3, -0.25) is 4.68 Å². The average molecular weight is 268 g/mol. The van der Waals surface area contributed by atoms with E-state index in [1.54, 1.807) is 17.9 Å². The molecule has 1 aliphatic heterocycles. The zero-order chi connectivity index (χ0) is 13.5. The van der Waals surface area contributed by atoms with Crippen molar-refractivity contribution in [2.75, 3.05) is 18.4 Å². The highest BCUT2D eigenvalue weighted by Gasteiger charge is 2.41. The molecule has 0 aliphatic carbocycles. The number of anilines is 1. The number of rotatable bonds is 2. The zero-order valence-corrected chi connectivity index (χ0v) is 10.4. The second-order valence-corrected chi connectivity index (χ2v) is 4.65. The molecule has 19 heavy (non-hydrogen) atoms. The first-order valence-corrected chi connectivity index (χ1v) is 6.06. The maximum Gasteiger partial charge on any atom is 0.279 e. The third-order valence-electron chi connectivity index (χ3n) is 3.32. The number of hydrogen-bond donors (Lipinski definition) is 2. The molecule has 1 unspecified atom stereocenters. The molecule has 0 spiro atoms. The van der Waals surface area contributed by atoms with Gasteiger partial charge in [0.05, 0.1) is 24.2 Å². The lowest BCUT2D eigenvalue weighted by molar-refractivity contribution is -0.0322. The van der Waals surface area contributed by atoms with Gasteiger partial charge in [-0.15, -0.1) is 0 Å². The van der Waals surface area contributed by atoms with Gasteiger partial charge in [-0.25, -0.2) is 18.7 Å². The Morgan fingerprint density at radius 2 is 2.32 bits per heavy atom. The van der Waals surface area contributed by atoms with Crippen molar-refractivity contribution < 1.29 is 8.78 Å². The van der Waals surface area contributed by atoms with Crippen LogP contribution < -0.4 is 10.6 Å². The van der Waals surface area contributed by atoms with E-state index in [4.69, 9.17) is 0 Å². The molecular weight excluding hydrogens is 254 g/mol. The molecule has 6 nitrogen and oxygen atoms in total. The Balaban J connectivity index is 1.93. The van der Waals surface area contributed by atoms with Crippen molar-refractivity contribution >= 4 is 16.9 Å². The third kappa shape index (κ3) is 2.12. The lowest BCUT2D eigenvalue weighted by atomic mass is 10.0. The molecule has 0 amide bonds. The van der Waals surface area contributed by atoms with E-state index in [1.807, 2.05) is 0 Å². The molecular formula is C11H14F2N6. The van der Waals surface area contributed by atoms with E-state index in [0.29, 0.717) is 29.8 Å². The van der Waals surface area contributed by atoms with Crippen molar-refractivity contribution in [3.63, 3.8) is 0 Å². The quantitative estimate of drug-likeness (QED) is 0.842. The fraction of sp³-hybridized carbons (Fsp3) is 0.545. The Bertz CT molecular complexity index is 596. The van der Waals surface area contributed by atoms with Gasteiger partial charge in [-0.05, 0) is 13.0 Å². The topological polar surface area (TPSA) is 67.7 Å². The lowest BCUT2D eigenvalue weighted by Gasteiger charge is -2.32. The molecule has 2 N–H and O–H groups in total. The van der Waals surface area contributed by atoms with Crippen molar-refractivity contribution in [3.05, 3.63) is 12.5 Å². The van der Waals surface area contributed by atoms with Crippen molar-refractivity contribution in [1.82, 2.24) is 25.1 Å². The molecule has 1 fully saturated rings. The SMILES string of the molecule is Cn1ncc2c(NC3CCNCC3(F)F)ncnc21. The van der Waals surface area contributed by atoms with E-state index in [9.17, 15) is 8.78 Å². The summed E-state index contributed by atoms with van der Waals surface area (Å²) in [6.07, 6.45) is 3.28. The highest BCUT2D eigenvalue weighted by molar-refractivity contribution is 5.86. The Kier molecular flexibility index (Phi) is 2.81. The van der Waals surface area contributed by atoms with Crippen LogP contribution in [0.25, 0.3) is 11.0 Å². The number of alkyl halides is 2. The van der Waals surface area contributed by atoms with Gasteiger partial charge in [-0.1, -0.05) is 0 Å². The van der Waals surface area contributed by atoms with Gasteiger partial charge in [0.25, 0.3) is 5.92 Å². The highest BCUT2D eigenvalue weighted by atomic mass is 19.3. The normalized spacial score (nSPS) is 22.6. The Labute approximate surface area is 108 Å². The molecule has 1 saturated heterocycles.